The lowest BCUT2D eigenvalue weighted by molar-refractivity contribution is -0.113. The van der Waals surface area contributed by atoms with Gasteiger partial charge in [0.25, 0.3) is 0 Å². The van der Waals surface area contributed by atoms with Gasteiger partial charge in [0.1, 0.15) is 11.7 Å². The molecule has 0 aromatic carbocycles. The Balaban J connectivity index is 2.23. The summed E-state index contributed by atoms with van der Waals surface area (Å²) in [7, 11) is 0. The molecule has 0 bridgehead atoms. The Bertz CT molecular complexity index is 453. The second-order valence-electron chi connectivity index (χ2n) is 4.39. The summed E-state index contributed by atoms with van der Waals surface area (Å²) in [4.78, 5) is 17.8. The molecular weight excluding hydrogens is 273 g/mol. The monoisotopic (exact) mass is 287 g/mol. The van der Waals surface area contributed by atoms with E-state index in [1.807, 2.05) is 0 Å². The van der Waals surface area contributed by atoms with Crippen molar-refractivity contribution in [1.29, 1.82) is 0 Å². The van der Waals surface area contributed by atoms with Gasteiger partial charge in [-0.1, -0.05) is 11.6 Å². The molecule has 0 aliphatic carbocycles. The minimum Gasteiger partial charge on any atom is -0.354 e. The van der Waals surface area contributed by atoms with E-state index in [0.717, 1.165) is 25.2 Å². The summed E-state index contributed by atoms with van der Waals surface area (Å²) in [5, 5.41) is 3.09. The molecule has 1 fully saturated rings. The highest BCUT2D eigenvalue weighted by molar-refractivity contribution is 6.34. The molecule has 1 N–H and O–H groups in total. The average Bonchev–Trinajstić information content (AvgIpc) is 2.78. The molecule has 1 atom stereocenters. The Hall–Kier alpha value is -1.00. The van der Waals surface area contributed by atoms with Crippen LogP contribution in [0.2, 0.25) is 5.02 Å². The molecule has 1 aromatic rings. The van der Waals surface area contributed by atoms with Crippen LogP contribution in [0, 0.1) is 0 Å². The summed E-state index contributed by atoms with van der Waals surface area (Å²) in [6.07, 6.45) is 3.88. The molecule has 1 unspecified atom stereocenters. The number of nitrogens with zero attached hydrogens (tertiary/aromatic N) is 2. The fourth-order valence-corrected chi connectivity index (χ4v) is 2.36. The van der Waals surface area contributed by atoms with Crippen LogP contribution in [0.3, 0.4) is 0 Å². The van der Waals surface area contributed by atoms with Crippen LogP contribution in [0.5, 0.6) is 0 Å². The molecule has 6 heteroatoms. The SMILES string of the molecule is CC1CCCN1c1cc(NC(=O)CCl)c(Cl)cn1. The first-order valence-corrected chi connectivity index (χ1v) is 6.81. The fraction of sp³-hybridized carbons (Fsp3) is 0.500. The molecule has 1 aliphatic rings. The van der Waals surface area contributed by atoms with E-state index >= 15 is 0 Å². The molecular formula is C12H15Cl2N3O. The summed E-state index contributed by atoms with van der Waals surface area (Å²) in [5.74, 6) is 0.480. The predicted molar refractivity (Wildman–Crippen MR) is 74.6 cm³/mol. The number of halogens is 2. The first kappa shape index (κ1) is 13.4. The third-order valence-corrected chi connectivity index (χ3v) is 3.63. The normalized spacial score (nSPS) is 19.1. The first-order chi connectivity index (χ1) is 8.61. The van der Waals surface area contributed by atoms with Crippen molar-refractivity contribution in [2.24, 2.45) is 0 Å². The second kappa shape index (κ2) is 5.76. The van der Waals surface area contributed by atoms with Gasteiger partial charge in [-0.25, -0.2) is 4.98 Å². The Morgan fingerprint density at radius 1 is 1.67 bits per heavy atom. The lowest BCUT2D eigenvalue weighted by Gasteiger charge is -2.23. The van der Waals surface area contributed by atoms with Crippen LogP contribution in [-0.4, -0.2) is 29.4 Å². The van der Waals surface area contributed by atoms with Crippen molar-refractivity contribution in [3.63, 3.8) is 0 Å². The number of rotatable bonds is 3. The Kier molecular flexibility index (Phi) is 4.30. The Morgan fingerprint density at radius 3 is 3.06 bits per heavy atom. The lowest BCUT2D eigenvalue weighted by atomic mass is 10.2. The zero-order valence-electron chi connectivity index (χ0n) is 10.1. The van der Waals surface area contributed by atoms with Gasteiger partial charge < -0.3 is 10.2 Å². The van der Waals surface area contributed by atoms with Crippen LogP contribution in [0.25, 0.3) is 0 Å². The predicted octanol–water partition coefficient (Wildman–Crippen LogP) is 2.90. The van der Waals surface area contributed by atoms with Gasteiger partial charge in [-0.05, 0) is 19.8 Å². The summed E-state index contributed by atoms with van der Waals surface area (Å²) < 4.78 is 0. The van der Waals surface area contributed by atoms with E-state index < -0.39 is 0 Å². The van der Waals surface area contributed by atoms with E-state index in [1.54, 1.807) is 12.3 Å². The van der Waals surface area contributed by atoms with Crippen molar-refractivity contribution >= 4 is 40.6 Å². The maximum absolute atomic E-state index is 11.3. The molecule has 1 saturated heterocycles. The zero-order chi connectivity index (χ0) is 13.1. The van der Waals surface area contributed by atoms with Crippen LogP contribution >= 0.6 is 23.2 Å². The van der Waals surface area contributed by atoms with Crippen LogP contribution < -0.4 is 10.2 Å². The largest absolute Gasteiger partial charge is 0.354 e. The number of amides is 1. The maximum atomic E-state index is 11.3. The molecule has 2 rings (SSSR count). The minimum absolute atomic E-state index is 0.0892. The van der Waals surface area contributed by atoms with E-state index in [4.69, 9.17) is 23.2 Å². The number of carbonyl (C=O) groups is 1. The molecule has 98 valence electrons. The van der Waals surface area contributed by atoms with Crippen LogP contribution in [0.4, 0.5) is 11.5 Å². The van der Waals surface area contributed by atoms with Gasteiger partial charge in [0.05, 0.1) is 16.9 Å². The number of alkyl halides is 1. The van der Waals surface area contributed by atoms with Crippen molar-refractivity contribution in [3.05, 3.63) is 17.3 Å². The quantitative estimate of drug-likeness (QED) is 0.870. The summed E-state index contributed by atoms with van der Waals surface area (Å²) >= 11 is 11.5. The minimum atomic E-state index is -0.273. The van der Waals surface area contributed by atoms with Gasteiger partial charge in [-0.15, -0.1) is 11.6 Å². The number of nitrogens with one attached hydrogen (secondary N) is 1. The highest BCUT2D eigenvalue weighted by Gasteiger charge is 2.22. The number of hydrogen-bond acceptors (Lipinski definition) is 3. The zero-order valence-corrected chi connectivity index (χ0v) is 11.6. The van der Waals surface area contributed by atoms with Gasteiger partial charge in [0.2, 0.25) is 5.91 Å². The van der Waals surface area contributed by atoms with Gasteiger partial charge in [-0.2, -0.15) is 0 Å². The molecule has 2 heterocycles. The van der Waals surface area contributed by atoms with Gasteiger partial charge in [0, 0.05) is 18.7 Å². The topological polar surface area (TPSA) is 45.2 Å². The van der Waals surface area contributed by atoms with Gasteiger partial charge >= 0.3 is 0 Å². The molecule has 1 amide bonds. The van der Waals surface area contributed by atoms with Crippen molar-refractivity contribution in [3.8, 4) is 0 Å². The summed E-state index contributed by atoms with van der Waals surface area (Å²) in [5.41, 5.74) is 0.561. The van der Waals surface area contributed by atoms with E-state index in [-0.39, 0.29) is 11.8 Å². The fourth-order valence-electron chi connectivity index (χ4n) is 2.14. The third-order valence-electron chi connectivity index (χ3n) is 3.08. The molecule has 1 aromatic heterocycles. The maximum Gasteiger partial charge on any atom is 0.239 e. The van der Waals surface area contributed by atoms with E-state index in [9.17, 15) is 4.79 Å². The van der Waals surface area contributed by atoms with Crippen molar-refractivity contribution < 1.29 is 4.79 Å². The van der Waals surface area contributed by atoms with Crippen molar-refractivity contribution in [2.45, 2.75) is 25.8 Å². The summed E-state index contributed by atoms with van der Waals surface area (Å²) in [6, 6.07) is 2.27. The number of aromatic nitrogens is 1. The lowest BCUT2D eigenvalue weighted by Crippen LogP contribution is -2.27. The van der Waals surface area contributed by atoms with E-state index in [1.165, 1.54) is 0 Å². The molecule has 4 nitrogen and oxygen atoms in total. The van der Waals surface area contributed by atoms with Gasteiger partial charge in [0.15, 0.2) is 0 Å². The first-order valence-electron chi connectivity index (χ1n) is 5.90. The third kappa shape index (κ3) is 2.87. The van der Waals surface area contributed by atoms with E-state index in [2.05, 4.69) is 22.1 Å². The van der Waals surface area contributed by atoms with Crippen molar-refractivity contribution in [2.75, 3.05) is 22.6 Å². The second-order valence-corrected chi connectivity index (χ2v) is 5.06. The number of pyridine rings is 1. The van der Waals surface area contributed by atoms with E-state index in [0.29, 0.717) is 16.8 Å². The molecule has 0 saturated carbocycles. The molecule has 0 radical (unpaired) electrons. The number of hydrogen-bond donors (Lipinski definition) is 1. The molecule has 1 aliphatic heterocycles. The highest BCUT2D eigenvalue weighted by atomic mass is 35.5. The van der Waals surface area contributed by atoms with Crippen molar-refractivity contribution in [1.82, 2.24) is 4.98 Å². The number of anilines is 2. The highest BCUT2D eigenvalue weighted by Crippen LogP contribution is 2.29. The van der Waals surface area contributed by atoms with Crippen LogP contribution in [0.15, 0.2) is 12.3 Å². The van der Waals surface area contributed by atoms with Crippen LogP contribution in [0.1, 0.15) is 19.8 Å². The smallest absolute Gasteiger partial charge is 0.239 e. The van der Waals surface area contributed by atoms with Crippen LogP contribution in [-0.2, 0) is 4.79 Å². The summed E-state index contributed by atoms with van der Waals surface area (Å²) in [6.45, 7) is 3.15. The molecule has 0 spiro atoms. The average molecular weight is 288 g/mol. The number of carbonyl (C=O) groups excluding carboxylic acids is 1. The Labute approximate surface area is 116 Å². The standard InChI is InChI=1S/C12H15Cl2N3O/c1-8-3-2-4-17(8)11-5-10(9(14)7-15-11)16-12(18)6-13/h5,7-8H,2-4,6H2,1H3,(H,15,16,18). The van der Waals surface area contributed by atoms with Gasteiger partial charge in [-0.3, -0.25) is 4.79 Å². The Morgan fingerprint density at radius 2 is 2.44 bits per heavy atom. The molecule has 18 heavy (non-hydrogen) atoms.